The molecule has 1 saturated heterocycles. The zero-order valence-corrected chi connectivity index (χ0v) is 12.6. The number of hydrogen-bond acceptors (Lipinski definition) is 3. The second kappa shape index (κ2) is 7.61. The van der Waals surface area contributed by atoms with Crippen molar-refractivity contribution >= 4 is 0 Å². The smallest absolute Gasteiger partial charge is 0.0697 e. The van der Waals surface area contributed by atoms with Gasteiger partial charge in [0.15, 0.2) is 0 Å². The summed E-state index contributed by atoms with van der Waals surface area (Å²) in [5.41, 5.74) is 0.223. The molecule has 1 spiro atoms. The lowest BCUT2D eigenvalue weighted by atomic mass is 9.78. The molecule has 112 valence electrons. The van der Waals surface area contributed by atoms with Crippen LogP contribution in [0.15, 0.2) is 0 Å². The molecule has 1 saturated carbocycles. The first-order valence-corrected chi connectivity index (χ1v) is 8.21. The second-order valence-electron chi connectivity index (χ2n) is 6.50. The lowest BCUT2D eigenvalue weighted by Gasteiger charge is -2.46. The summed E-state index contributed by atoms with van der Waals surface area (Å²) in [7, 11) is 2.27. The summed E-state index contributed by atoms with van der Waals surface area (Å²) in [5, 5.41) is 8.82. The van der Waals surface area contributed by atoms with E-state index in [0.717, 1.165) is 19.4 Å². The third-order valence-corrected chi connectivity index (χ3v) is 5.02. The molecule has 0 radical (unpaired) electrons. The number of ether oxygens (including phenoxy) is 1. The van der Waals surface area contributed by atoms with Crippen molar-refractivity contribution in [1.82, 2.24) is 4.90 Å². The first-order chi connectivity index (χ1) is 9.26. The second-order valence-corrected chi connectivity index (χ2v) is 6.50. The van der Waals surface area contributed by atoms with Crippen LogP contribution in [0, 0.1) is 0 Å². The van der Waals surface area contributed by atoms with Crippen LogP contribution in [0.4, 0.5) is 0 Å². The Morgan fingerprint density at radius 3 is 2.68 bits per heavy atom. The zero-order valence-electron chi connectivity index (χ0n) is 12.6. The lowest BCUT2D eigenvalue weighted by Crippen LogP contribution is -2.48. The van der Waals surface area contributed by atoms with E-state index in [9.17, 15) is 0 Å². The molecule has 0 aromatic heterocycles. The molecule has 1 heterocycles. The molecule has 2 aliphatic rings. The van der Waals surface area contributed by atoms with Gasteiger partial charge in [-0.05, 0) is 58.5 Å². The number of aliphatic hydroxyl groups excluding tert-OH is 1. The van der Waals surface area contributed by atoms with Crippen LogP contribution in [0.25, 0.3) is 0 Å². The van der Waals surface area contributed by atoms with Crippen molar-refractivity contribution in [3.63, 3.8) is 0 Å². The minimum atomic E-state index is 0.223. The van der Waals surface area contributed by atoms with E-state index in [1.807, 2.05) is 0 Å². The molecule has 1 N–H and O–H groups in total. The van der Waals surface area contributed by atoms with Gasteiger partial charge < -0.3 is 14.7 Å². The van der Waals surface area contributed by atoms with Crippen molar-refractivity contribution < 1.29 is 9.84 Å². The number of unbranched alkanes of at least 4 members (excludes halogenated alkanes) is 2. The van der Waals surface area contributed by atoms with Crippen LogP contribution in [0.2, 0.25) is 0 Å². The van der Waals surface area contributed by atoms with Gasteiger partial charge in [0.2, 0.25) is 0 Å². The van der Waals surface area contributed by atoms with Crippen molar-refractivity contribution in [2.75, 3.05) is 26.8 Å². The van der Waals surface area contributed by atoms with Crippen LogP contribution in [0.1, 0.15) is 64.2 Å². The van der Waals surface area contributed by atoms with Gasteiger partial charge >= 0.3 is 0 Å². The highest BCUT2D eigenvalue weighted by Gasteiger charge is 2.39. The molecular weight excluding hydrogens is 238 g/mol. The van der Waals surface area contributed by atoms with Gasteiger partial charge in [-0.3, -0.25) is 0 Å². The number of hydrogen-bond donors (Lipinski definition) is 1. The summed E-state index contributed by atoms with van der Waals surface area (Å²) >= 11 is 0. The van der Waals surface area contributed by atoms with Crippen molar-refractivity contribution in [2.45, 2.75) is 75.9 Å². The fourth-order valence-corrected chi connectivity index (χ4v) is 3.76. The van der Waals surface area contributed by atoms with Crippen LogP contribution < -0.4 is 0 Å². The van der Waals surface area contributed by atoms with E-state index in [1.54, 1.807) is 0 Å². The summed E-state index contributed by atoms with van der Waals surface area (Å²) in [4.78, 5) is 2.54. The van der Waals surface area contributed by atoms with Crippen LogP contribution in [0.5, 0.6) is 0 Å². The molecule has 2 fully saturated rings. The standard InChI is InChI=1S/C16H31NO2/c1-17(11-6-3-7-12-18)15-8-13-19-16(14-15)9-4-2-5-10-16/h15,18H,2-14H2,1H3. The van der Waals surface area contributed by atoms with E-state index in [2.05, 4.69) is 11.9 Å². The van der Waals surface area contributed by atoms with Gasteiger partial charge in [-0.2, -0.15) is 0 Å². The molecule has 0 aromatic rings. The topological polar surface area (TPSA) is 32.7 Å². The molecule has 19 heavy (non-hydrogen) atoms. The maximum absolute atomic E-state index is 8.82. The van der Waals surface area contributed by atoms with Crippen molar-refractivity contribution in [2.24, 2.45) is 0 Å². The van der Waals surface area contributed by atoms with E-state index < -0.39 is 0 Å². The highest BCUT2D eigenvalue weighted by molar-refractivity contribution is 4.92. The molecular formula is C16H31NO2. The summed E-state index contributed by atoms with van der Waals surface area (Å²) in [6.45, 7) is 2.45. The average Bonchev–Trinajstić information content (AvgIpc) is 2.44. The molecule has 0 aromatic carbocycles. The Balaban J connectivity index is 1.76. The van der Waals surface area contributed by atoms with E-state index in [1.165, 1.54) is 57.9 Å². The quantitative estimate of drug-likeness (QED) is 0.753. The minimum Gasteiger partial charge on any atom is -0.396 e. The Morgan fingerprint density at radius 2 is 1.95 bits per heavy atom. The molecule has 1 unspecified atom stereocenters. The monoisotopic (exact) mass is 269 g/mol. The van der Waals surface area contributed by atoms with Gasteiger partial charge in [0.25, 0.3) is 0 Å². The van der Waals surface area contributed by atoms with Gasteiger partial charge in [0, 0.05) is 19.3 Å². The van der Waals surface area contributed by atoms with Crippen molar-refractivity contribution in [1.29, 1.82) is 0 Å². The third kappa shape index (κ3) is 4.44. The van der Waals surface area contributed by atoms with Crippen LogP contribution in [-0.4, -0.2) is 48.5 Å². The Kier molecular flexibility index (Phi) is 6.11. The fraction of sp³-hybridized carbons (Fsp3) is 1.00. The minimum absolute atomic E-state index is 0.223. The summed E-state index contributed by atoms with van der Waals surface area (Å²) in [6, 6.07) is 0.709. The van der Waals surface area contributed by atoms with Crippen molar-refractivity contribution in [3.05, 3.63) is 0 Å². The summed E-state index contributed by atoms with van der Waals surface area (Å²) < 4.78 is 6.17. The molecule has 1 aliphatic heterocycles. The van der Waals surface area contributed by atoms with Gasteiger partial charge in [0.1, 0.15) is 0 Å². The summed E-state index contributed by atoms with van der Waals surface area (Å²) in [6.07, 6.45) is 12.4. The van der Waals surface area contributed by atoms with Gasteiger partial charge in [-0.25, -0.2) is 0 Å². The maximum Gasteiger partial charge on any atom is 0.0697 e. The average molecular weight is 269 g/mol. The SMILES string of the molecule is CN(CCCCCO)C1CCOC2(CCCCC2)C1. The summed E-state index contributed by atoms with van der Waals surface area (Å²) in [5.74, 6) is 0. The van der Waals surface area contributed by atoms with Gasteiger partial charge in [-0.1, -0.05) is 19.3 Å². The zero-order chi connectivity index (χ0) is 13.6. The normalized spacial score (nSPS) is 27.0. The molecule has 1 aliphatic carbocycles. The highest BCUT2D eigenvalue weighted by atomic mass is 16.5. The van der Waals surface area contributed by atoms with E-state index in [4.69, 9.17) is 9.84 Å². The third-order valence-electron chi connectivity index (χ3n) is 5.02. The van der Waals surface area contributed by atoms with E-state index >= 15 is 0 Å². The predicted molar refractivity (Wildman–Crippen MR) is 78.4 cm³/mol. The molecule has 3 heteroatoms. The Bertz CT molecular complexity index is 246. The number of aliphatic hydroxyl groups is 1. The van der Waals surface area contributed by atoms with Gasteiger partial charge in [-0.15, -0.1) is 0 Å². The maximum atomic E-state index is 8.82. The molecule has 0 bridgehead atoms. The van der Waals surface area contributed by atoms with Gasteiger partial charge in [0.05, 0.1) is 5.60 Å². The first kappa shape index (κ1) is 15.3. The number of nitrogens with zero attached hydrogens (tertiary/aromatic N) is 1. The molecule has 3 nitrogen and oxygen atoms in total. The largest absolute Gasteiger partial charge is 0.396 e. The molecule has 0 amide bonds. The number of rotatable bonds is 6. The Morgan fingerprint density at radius 1 is 1.16 bits per heavy atom. The highest BCUT2D eigenvalue weighted by Crippen LogP contribution is 2.39. The lowest BCUT2D eigenvalue weighted by molar-refractivity contribution is -0.122. The van der Waals surface area contributed by atoms with E-state index in [0.29, 0.717) is 12.6 Å². The van der Waals surface area contributed by atoms with Crippen LogP contribution in [0.3, 0.4) is 0 Å². The van der Waals surface area contributed by atoms with Crippen LogP contribution >= 0.6 is 0 Å². The Hall–Kier alpha value is -0.120. The van der Waals surface area contributed by atoms with Crippen molar-refractivity contribution in [3.8, 4) is 0 Å². The van der Waals surface area contributed by atoms with E-state index in [-0.39, 0.29) is 5.60 Å². The molecule has 1 atom stereocenters. The fourth-order valence-electron chi connectivity index (χ4n) is 3.76. The first-order valence-electron chi connectivity index (χ1n) is 8.21. The molecule has 2 rings (SSSR count). The predicted octanol–water partition coefficient (Wildman–Crippen LogP) is 2.96. The Labute approximate surface area is 118 Å². The van der Waals surface area contributed by atoms with Crippen LogP contribution in [-0.2, 0) is 4.74 Å².